The van der Waals surface area contributed by atoms with Crippen molar-refractivity contribution in [1.82, 2.24) is 5.32 Å². The van der Waals surface area contributed by atoms with Crippen molar-refractivity contribution in [1.29, 1.82) is 0 Å². The van der Waals surface area contributed by atoms with Crippen LogP contribution >= 0.6 is 0 Å². The first kappa shape index (κ1) is 13.2. The Bertz CT molecular complexity index is 370. The van der Waals surface area contributed by atoms with Crippen LogP contribution in [0.1, 0.15) is 59.3 Å². The first-order valence-corrected chi connectivity index (χ1v) is 7.92. The number of carbonyl (C=O) groups is 1. The van der Waals surface area contributed by atoms with Crippen molar-refractivity contribution in [3.05, 3.63) is 11.6 Å². The van der Waals surface area contributed by atoms with Gasteiger partial charge < -0.3 is 5.32 Å². The molecule has 0 heterocycles. The highest BCUT2D eigenvalue weighted by molar-refractivity contribution is 5.88. The Morgan fingerprint density at radius 1 is 1.11 bits per heavy atom. The summed E-state index contributed by atoms with van der Waals surface area (Å²) in [4.78, 5) is 12.0. The van der Waals surface area contributed by atoms with Gasteiger partial charge in [0.15, 0.2) is 0 Å². The predicted molar refractivity (Wildman–Crippen MR) is 77.6 cm³/mol. The van der Waals surface area contributed by atoms with Gasteiger partial charge in [0.25, 0.3) is 0 Å². The van der Waals surface area contributed by atoms with Crippen LogP contribution in [0.3, 0.4) is 0 Å². The van der Waals surface area contributed by atoms with Gasteiger partial charge in [0.05, 0.1) is 0 Å². The monoisotopic (exact) mass is 261 g/mol. The smallest absolute Gasteiger partial charge is 0.244 e. The second-order valence-electron chi connectivity index (χ2n) is 7.73. The second kappa shape index (κ2) is 4.64. The molecule has 2 nitrogen and oxygen atoms in total. The molecule has 0 aromatic heterocycles. The molecule has 4 saturated carbocycles. The maximum absolute atomic E-state index is 12.0. The number of nitrogens with one attached hydrogen (secondary N) is 1. The summed E-state index contributed by atoms with van der Waals surface area (Å²) in [5.74, 6) is 2.96. The highest BCUT2D eigenvalue weighted by atomic mass is 16.1. The maximum atomic E-state index is 12.0. The van der Waals surface area contributed by atoms with Gasteiger partial charge in [-0.05, 0) is 82.5 Å². The fourth-order valence-electron chi connectivity index (χ4n) is 5.38. The minimum absolute atomic E-state index is 0.100. The molecule has 0 aromatic rings. The van der Waals surface area contributed by atoms with Crippen molar-refractivity contribution in [2.24, 2.45) is 23.2 Å². The highest BCUT2D eigenvalue weighted by Crippen LogP contribution is 2.61. The fraction of sp³-hybridized carbons (Fsp3) is 0.824. The molecule has 2 heteroatoms. The number of hydrogen-bond donors (Lipinski definition) is 1. The molecular formula is C17H27NO. The summed E-state index contributed by atoms with van der Waals surface area (Å²) in [6, 6.07) is 0.337. The minimum Gasteiger partial charge on any atom is -0.350 e. The first-order valence-electron chi connectivity index (χ1n) is 7.92. The van der Waals surface area contributed by atoms with E-state index in [0.29, 0.717) is 11.5 Å². The quantitative estimate of drug-likeness (QED) is 0.772. The zero-order valence-electron chi connectivity index (χ0n) is 12.5. The molecule has 1 unspecified atom stereocenters. The molecule has 0 spiro atoms. The van der Waals surface area contributed by atoms with Gasteiger partial charge in [-0.3, -0.25) is 4.79 Å². The van der Waals surface area contributed by atoms with E-state index in [4.69, 9.17) is 0 Å². The number of rotatable bonds is 3. The third-order valence-electron chi connectivity index (χ3n) is 5.78. The number of hydrogen-bond acceptors (Lipinski definition) is 1. The van der Waals surface area contributed by atoms with Crippen LogP contribution in [-0.4, -0.2) is 11.9 Å². The average Bonchev–Trinajstić information content (AvgIpc) is 2.25. The predicted octanol–water partition coefficient (Wildman–Crippen LogP) is 3.67. The van der Waals surface area contributed by atoms with E-state index < -0.39 is 0 Å². The van der Waals surface area contributed by atoms with E-state index in [2.05, 4.69) is 12.2 Å². The molecule has 19 heavy (non-hydrogen) atoms. The van der Waals surface area contributed by atoms with Crippen molar-refractivity contribution in [3.8, 4) is 0 Å². The Balaban J connectivity index is 1.71. The molecule has 4 bridgehead atoms. The van der Waals surface area contributed by atoms with Crippen LogP contribution in [0.5, 0.6) is 0 Å². The van der Waals surface area contributed by atoms with Crippen LogP contribution in [-0.2, 0) is 4.79 Å². The van der Waals surface area contributed by atoms with Crippen LogP contribution in [0.4, 0.5) is 0 Å². The van der Waals surface area contributed by atoms with Gasteiger partial charge in [0.2, 0.25) is 5.91 Å². The van der Waals surface area contributed by atoms with Crippen molar-refractivity contribution < 1.29 is 4.79 Å². The summed E-state index contributed by atoms with van der Waals surface area (Å²) in [6.45, 7) is 6.20. The average molecular weight is 261 g/mol. The molecule has 4 rings (SSSR count). The Morgan fingerprint density at radius 3 is 2.00 bits per heavy atom. The Morgan fingerprint density at radius 2 is 1.58 bits per heavy atom. The van der Waals surface area contributed by atoms with Gasteiger partial charge in [0, 0.05) is 12.1 Å². The van der Waals surface area contributed by atoms with E-state index >= 15 is 0 Å². The summed E-state index contributed by atoms with van der Waals surface area (Å²) >= 11 is 0. The van der Waals surface area contributed by atoms with E-state index in [0.717, 1.165) is 23.3 Å². The van der Waals surface area contributed by atoms with Crippen LogP contribution in [0.2, 0.25) is 0 Å². The van der Waals surface area contributed by atoms with E-state index in [1.807, 2.05) is 13.8 Å². The van der Waals surface area contributed by atoms with E-state index in [9.17, 15) is 4.79 Å². The molecule has 4 aliphatic carbocycles. The minimum atomic E-state index is 0.100. The molecule has 106 valence electrons. The summed E-state index contributed by atoms with van der Waals surface area (Å²) in [5, 5.41) is 3.25. The Labute approximate surface area is 117 Å². The molecule has 4 aliphatic rings. The second-order valence-corrected chi connectivity index (χ2v) is 7.73. The first-order chi connectivity index (χ1) is 8.97. The standard InChI is InChI=1S/C17H27NO/c1-11(2)4-16(19)18-12(3)17-8-13-5-14(9-17)7-15(6-13)10-17/h4,12-15H,5-10H2,1-3H3,(H,18,19). The molecule has 1 N–H and O–H groups in total. The van der Waals surface area contributed by atoms with E-state index in [1.165, 1.54) is 38.5 Å². The van der Waals surface area contributed by atoms with Crippen LogP contribution in [0, 0.1) is 23.2 Å². The fourth-order valence-corrected chi connectivity index (χ4v) is 5.38. The molecule has 0 aromatic carbocycles. The van der Waals surface area contributed by atoms with Crippen molar-refractivity contribution in [2.75, 3.05) is 0 Å². The lowest BCUT2D eigenvalue weighted by Crippen LogP contribution is -2.55. The van der Waals surface area contributed by atoms with Gasteiger partial charge in [0.1, 0.15) is 0 Å². The lowest BCUT2D eigenvalue weighted by molar-refractivity contribution is -0.121. The maximum Gasteiger partial charge on any atom is 0.244 e. The van der Waals surface area contributed by atoms with Gasteiger partial charge in [-0.25, -0.2) is 0 Å². The largest absolute Gasteiger partial charge is 0.350 e. The highest BCUT2D eigenvalue weighted by Gasteiger charge is 2.53. The number of amides is 1. The van der Waals surface area contributed by atoms with E-state index in [1.54, 1.807) is 6.08 Å². The summed E-state index contributed by atoms with van der Waals surface area (Å²) < 4.78 is 0. The van der Waals surface area contributed by atoms with Crippen LogP contribution < -0.4 is 5.32 Å². The van der Waals surface area contributed by atoms with Gasteiger partial charge in [-0.2, -0.15) is 0 Å². The zero-order valence-corrected chi connectivity index (χ0v) is 12.5. The third kappa shape index (κ3) is 2.46. The lowest BCUT2D eigenvalue weighted by atomic mass is 9.48. The summed E-state index contributed by atoms with van der Waals surface area (Å²) in [6.07, 6.45) is 10.2. The van der Waals surface area contributed by atoms with Gasteiger partial charge in [-0.1, -0.05) is 5.57 Å². The SMILES string of the molecule is CC(C)=CC(=O)NC(C)C12CC3CC(CC(C3)C1)C2. The lowest BCUT2D eigenvalue weighted by Gasteiger charge is -2.59. The zero-order chi connectivity index (χ0) is 13.6. The Hall–Kier alpha value is -0.790. The number of carbonyl (C=O) groups excluding carboxylic acids is 1. The normalized spacial score (nSPS) is 40.9. The van der Waals surface area contributed by atoms with Crippen molar-refractivity contribution in [2.45, 2.75) is 65.3 Å². The molecular weight excluding hydrogens is 234 g/mol. The molecule has 0 saturated heterocycles. The molecule has 0 aliphatic heterocycles. The van der Waals surface area contributed by atoms with E-state index in [-0.39, 0.29) is 5.91 Å². The Kier molecular flexibility index (Phi) is 3.23. The molecule has 1 amide bonds. The van der Waals surface area contributed by atoms with Crippen LogP contribution in [0.15, 0.2) is 11.6 Å². The van der Waals surface area contributed by atoms with Crippen LogP contribution in [0.25, 0.3) is 0 Å². The van der Waals surface area contributed by atoms with Gasteiger partial charge >= 0.3 is 0 Å². The topological polar surface area (TPSA) is 29.1 Å². The molecule has 0 radical (unpaired) electrons. The van der Waals surface area contributed by atoms with Gasteiger partial charge in [-0.15, -0.1) is 0 Å². The van der Waals surface area contributed by atoms with Crippen molar-refractivity contribution >= 4 is 5.91 Å². The third-order valence-corrected chi connectivity index (χ3v) is 5.78. The number of allylic oxidation sites excluding steroid dienone is 1. The summed E-state index contributed by atoms with van der Waals surface area (Å²) in [5.41, 5.74) is 1.50. The van der Waals surface area contributed by atoms with Crippen molar-refractivity contribution in [3.63, 3.8) is 0 Å². The summed E-state index contributed by atoms with van der Waals surface area (Å²) in [7, 11) is 0. The molecule has 4 fully saturated rings. The molecule has 1 atom stereocenters.